The molecule has 0 spiro atoms. The number of nitrogens with zero attached hydrogens (tertiary/aromatic N) is 2. The lowest BCUT2D eigenvalue weighted by Gasteiger charge is -2.07. The third-order valence-corrected chi connectivity index (χ3v) is 3.91. The van der Waals surface area contributed by atoms with E-state index in [0.717, 1.165) is 22.6 Å². The topological polar surface area (TPSA) is 54.6 Å². The molecule has 0 fully saturated rings. The Morgan fingerprint density at radius 2 is 1.92 bits per heavy atom. The highest BCUT2D eigenvalue weighted by atomic mass is 35.5. The minimum atomic E-state index is -0.938. The van der Waals surface area contributed by atoms with Gasteiger partial charge in [-0.05, 0) is 61.0 Å². The Morgan fingerprint density at radius 3 is 2.62 bits per heavy atom. The smallest absolute Gasteiger partial charge is 0.335 e. The average molecular weight is 339 g/mol. The van der Waals surface area contributed by atoms with Crippen molar-refractivity contribution < 1.29 is 9.90 Å². The Bertz CT molecular complexity index is 911. The molecule has 120 valence electrons. The molecule has 0 saturated heterocycles. The molecule has 5 heteroatoms. The molecule has 4 nitrogen and oxygen atoms in total. The van der Waals surface area contributed by atoms with E-state index in [4.69, 9.17) is 16.7 Å². The fourth-order valence-corrected chi connectivity index (χ4v) is 2.52. The lowest BCUT2D eigenvalue weighted by molar-refractivity contribution is 0.0697. The number of aryl methyl sites for hydroxylation is 1. The summed E-state index contributed by atoms with van der Waals surface area (Å²) in [7, 11) is 0. The fraction of sp³-hybridized carbons (Fsp3) is 0.0526. The van der Waals surface area contributed by atoms with Gasteiger partial charge in [-0.3, -0.25) is 4.99 Å². The van der Waals surface area contributed by atoms with Gasteiger partial charge in [0.05, 0.1) is 23.2 Å². The summed E-state index contributed by atoms with van der Waals surface area (Å²) in [5.41, 5.74) is 3.87. The van der Waals surface area contributed by atoms with Gasteiger partial charge in [0, 0.05) is 16.9 Å². The van der Waals surface area contributed by atoms with E-state index in [0.29, 0.717) is 5.02 Å². The van der Waals surface area contributed by atoms with Gasteiger partial charge in [-0.25, -0.2) is 4.79 Å². The first-order chi connectivity index (χ1) is 11.5. The molecule has 3 rings (SSSR count). The van der Waals surface area contributed by atoms with Crippen molar-refractivity contribution in [1.82, 2.24) is 4.57 Å². The quantitative estimate of drug-likeness (QED) is 0.689. The van der Waals surface area contributed by atoms with Gasteiger partial charge < -0.3 is 9.67 Å². The second-order valence-corrected chi connectivity index (χ2v) is 5.78. The molecule has 24 heavy (non-hydrogen) atoms. The standard InChI is InChI=1S/C19H15ClN2O2/c1-13-4-7-15(20)11-18(13)21-12-17-3-2-10-22(17)16-8-5-14(6-9-16)19(23)24/h2-12H,1H3,(H,23,24). The van der Waals surface area contributed by atoms with Gasteiger partial charge in [0.2, 0.25) is 0 Å². The molecule has 1 aromatic heterocycles. The summed E-state index contributed by atoms with van der Waals surface area (Å²) in [6, 6.07) is 16.1. The van der Waals surface area contributed by atoms with Crippen LogP contribution in [-0.4, -0.2) is 21.9 Å². The molecule has 0 aliphatic heterocycles. The van der Waals surface area contributed by atoms with Crippen LogP contribution >= 0.6 is 11.6 Å². The number of aliphatic imine (C=N–C) groups is 1. The minimum absolute atomic E-state index is 0.260. The van der Waals surface area contributed by atoms with Crippen molar-refractivity contribution in [1.29, 1.82) is 0 Å². The molecular weight excluding hydrogens is 324 g/mol. The summed E-state index contributed by atoms with van der Waals surface area (Å²) in [6.07, 6.45) is 3.67. The zero-order valence-corrected chi connectivity index (χ0v) is 13.7. The van der Waals surface area contributed by atoms with Crippen molar-refractivity contribution in [2.45, 2.75) is 6.92 Å². The summed E-state index contributed by atoms with van der Waals surface area (Å²) in [4.78, 5) is 15.5. The number of carbonyl (C=O) groups is 1. The maximum Gasteiger partial charge on any atom is 0.335 e. The van der Waals surface area contributed by atoms with Crippen LogP contribution in [0, 0.1) is 6.92 Å². The fourth-order valence-electron chi connectivity index (χ4n) is 2.36. The molecule has 0 atom stereocenters. The first-order valence-electron chi connectivity index (χ1n) is 7.36. The lowest BCUT2D eigenvalue weighted by atomic mass is 10.2. The maximum atomic E-state index is 10.9. The molecule has 0 radical (unpaired) electrons. The van der Waals surface area contributed by atoms with Crippen LogP contribution in [0.5, 0.6) is 0 Å². The van der Waals surface area contributed by atoms with Crippen LogP contribution in [0.15, 0.2) is 65.8 Å². The van der Waals surface area contributed by atoms with Gasteiger partial charge in [0.1, 0.15) is 0 Å². The molecule has 3 aromatic rings. The largest absolute Gasteiger partial charge is 0.478 e. The van der Waals surface area contributed by atoms with Crippen molar-refractivity contribution >= 4 is 29.5 Å². The molecule has 0 saturated carbocycles. The minimum Gasteiger partial charge on any atom is -0.478 e. The maximum absolute atomic E-state index is 10.9. The van der Waals surface area contributed by atoms with E-state index >= 15 is 0 Å². The van der Waals surface area contributed by atoms with Crippen LogP contribution in [0.1, 0.15) is 21.6 Å². The van der Waals surface area contributed by atoms with Gasteiger partial charge >= 0.3 is 5.97 Å². The predicted molar refractivity (Wildman–Crippen MR) is 96.2 cm³/mol. The number of carboxylic acid groups (broad SMARTS) is 1. The Balaban J connectivity index is 1.91. The van der Waals surface area contributed by atoms with Gasteiger partial charge in [-0.1, -0.05) is 17.7 Å². The Labute approximate surface area is 144 Å². The van der Waals surface area contributed by atoms with E-state index in [-0.39, 0.29) is 5.56 Å². The van der Waals surface area contributed by atoms with Gasteiger partial charge in [0.25, 0.3) is 0 Å². The summed E-state index contributed by atoms with van der Waals surface area (Å²) < 4.78 is 1.94. The van der Waals surface area contributed by atoms with Gasteiger partial charge in [-0.2, -0.15) is 0 Å². The third-order valence-electron chi connectivity index (χ3n) is 3.68. The number of hydrogen-bond donors (Lipinski definition) is 1. The van der Waals surface area contributed by atoms with Crippen LogP contribution in [0.25, 0.3) is 5.69 Å². The first-order valence-corrected chi connectivity index (χ1v) is 7.74. The molecule has 0 unspecified atom stereocenters. The van der Waals surface area contributed by atoms with E-state index in [1.807, 2.05) is 48.0 Å². The second kappa shape index (κ2) is 6.72. The van der Waals surface area contributed by atoms with Crippen molar-refractivity contribution in [3.63, 3.8) is 0 Å². The zero-order chi connectivity index (χ0) is 17.1. The predicted octanol–water partition coefficient (Wildman–Crippen LogP) is 4.89. The molecule has 0 aliphatic rings. The van der Waals surface area contributed by atoms with Crippen LogP contribution in [0.4, 0.5) is 5.69 Å². The van der Waals surface area contributed by atoms with Crippen molar-refractivity contribution in [2.75, 3.05) is 0 Å². The van der Waals surface area contributed by atoms with Crippen molar-refractivity contribution in [3.8, 4) is 5.69 Å². The molecule has 0 amide bonds. The second-order valence-electron chi connectivity index (χ2n) is 5.34. The molecule has 0 bridgehead atoms. The normalized spacial score (nSPS) is 11.1. The van der Waals surface area contributed by atoms with E-state index in [1.54, 1.807) is 30.5 Å². The lowest BCUT2D eigenvalue weighted by Crippen LogP contribution is -2.00. The molecule has 2 aromatic carbocycles. The highest BCUT2D eigenvalue weighted by molar-refractivity contribution is 6.30. The van der Waals surface area contributed by atoms with Gasteiger partial charge in [0.15, 0.2) is 0 Å². The molecule has 1 heterocycles. The van der Waals surface area contributed by atoms with Crippen LogP contribution < -0.4 is 0 Å². The van der Waals surface area contributed by atoms with E-state index in [2.05, 4.69) is 4.99 Å². The molecule has 1 N–H and O–H groups in total. The Kier molecular flexibility index (Phi) is 4.49. The zero-order valence-electron chi connectivity index (χ0n) is 13.0. The molecule has 0 aliphatic carbocycles. The van der Waals surface area contributed by atoms with Crippen LogP contribution in [-0.2, 0) is 0 Å². The Hall–Kier alpha value is -2.85. The van der Waals surface area contributed by atoms with E-state index in [9.17, 15) is 4.79 Å². The summed E-state index contributed by atoms with van der Waals surface area (Å²) >= 11 is 6.02. The summed E-state index contributed by atoms with van der Waals surface area (Å²) in [5.74, 6) is -0.938. The van der Waals surface area contributed by atoms with Crippen LogP contribution in [0.2, 0.25) is 5.02 Å². The first kappa shape index (κ1) is 16.0. The SMILES string of the molecule is Cc1ccc(Cl)cc1N=Cc1cccn1-c1ccc(C(=O)O)cc1. The average Bonchev–Trinajstić information content (AvgIpc) is 3.04. The third kappa shape index (κ3) is 3.39. The van der Waals surface area contributed by atoms with E-state index < -0.39 is 5.97 Å². The summed E-state index contributed by atoms with van der Waals surface area (Å²) in [6.45, 7) is 1.98. The number of rotatable bonds is 4. The monoisotopic (exact) mass is 338 g/mol. The number of aromatic carboxylic acids is 1. The number of halogens is 1. The number of benzene rings is 2. The summed E-state index contributed by atoms with van der Waals surface area (Å²) in [5, 5.41) is 9.63. The number of aromatic nitrogens is 1. The Morgan fingerprint density at radius 1 is 1.17 bits per heavy atom. The van der Waals surface area contributed by atoms with Crippen molar-refractivity contribution in [2.24, 2.45) is 4.99 Å². The van der Waals surface area contributed by atoms with Gasteiger partial charge in [-0.15, -0.1) is 0 Å². The number of carboxylic acids is 1. The highest BCUT2D eigenvalue weighted by Gasteiger charge is 2.05. The van der Waals surface area contributed by atoms with Crippen LogP contribution in [0.3, 0.4) is 0 Å². The molecular formula is C19H15ClN2O2. The highest BCUT2D eigenvalue weighted by Crippen LogP contribution is 2.23. The van der Waals surface area contributed by atoms with E-state index in [1.165, 1.54) is 0 Å². The van der Waals surface area contributed by atoms with Crippen molar-refractivity contribution in [3.05, 3.63) is 82.6 Å². The number of hydrogen-bond acceptors (Lipinski definition) is 2.